The van der Waals surface area contributed by atoms with Crippen LogP contribution in [-0.2, 0) is 0 Å². The largest absolute Gasteiger partial charge is 0.316 e. The first-order chi connectivity index (χ1) is 9.31. The van der Waals surface area contributed by atoms with Gasteiger partial charge in [-0.1, -0.05) is 49.9 Å². The van der Waals surface area contributed by atoms with Crippen molar-refractivity contribution in [3.63, 3.8) is 0 Å². The summed E-state index contributed by atoms with van der Waals surface area (Å²) in [5.74, 6) is 1.46. The first-order valence-corrected chi connectivity index (χ1v) is 8.15. The molecule has 1 fully saturated rings. The predicted octanol–water partition coefficient (Wildman–Crippen LogP) is 5.00. The molecule has 1 aromatic carbocycles. The molecule has 2 atom stereocenters. The summed E-state index contributed by atoms with van der Waals surface area (Å²) in [7, 11) is 0. The third kappa shape index (κ3) is 4.50. The molecular weight excluding hydrogens is 254 g/mol. The number of hydrogen-bond acceptors (Lipinski definition) is 1. The third-order valence-corrected chi connectivity index (χ3v) is 4.50. The molecule has 2 unspecified atom stereocenters. The van der Waals surface area contributed by atoms with Crippen molar-refractivity contribution >= 4 is 11.6 Å². The third-order valence-electron chi connectivity index (χ3n) is 4.27. The van der Waals surface area contributed by atoms with E-state index in [1.54, 1.807) is 0 Å². The van der Waals surface area contributed by atoms with E-state index >= 15 is 0 Å². The van der Waals surface area contributed by atoms with Crippen LogP contribution in [0.2, 0.25) is 5.02 Å². The molecule has 1 aromatic rings. The van der Waals surface area contributed by atoms with Gasteiger partial charge in [-0.05, 0) is 61.9 Å². The lowest BCUT2D eigenvalue weighted by Crippen LogP contribution is -2.27. The van der Waals surface area contributed by atoms with Gasteiger partial charge in [0.25, 0.3) is 0 Å². The Labute approximate surface area is 122 Å². The molecule has 1 saturated carbocycles. The second kappa shape index (κ2) is 7.91. The highest BCUT2D eigenvalue weighted by Crippen LogP contribution is 2.37. The molecule has 0 aromatic heterocycles. The van der Waals surface area contributed by atoms with E-state index in [0.29, 0.717) is 5.92 Å². The number of rotatable bonds is 5. The Morgan fingerprint density at radius 1 is 1.21 bits per heavy atom. The van der Waals surface area contributed by atoms with Gasteiger partial charge in [-0.25, -0.2) is 0 Å². The van der Waals surface area contributed by atoms with Crippen molar-refractivity contribution in [3.8, 4) is 0 Å². The molecule has 2 rings (SSSR count). The molecule has 106 valence electrons. The number of benzene rings is 1. The molecule has 0 radical (unpaired) electrons. The zero-order valence-electron chi connectivity index (χ0n) is 12.0. The molecule has 1 aliphatic carbocycles. The van der Waals surface area contributed by atoms with Crippen LogP contribution in [0.5, 0.6) is 0 Å². The van der Waals surface area contributed by atoms with Gasteiger partial charge < -0.3 is 5.32 Å². The van der Waals surface area contributed by atoms with Crippen molar-refractivity contribution < 1.29 is 0 Å². The van der Waals surface area contributed by atoms with Crippen molar-refractivity contribution in [2.75, 3.05) is 13.1 Å². The lowest BCUT2D eigenvalue weighted by Gasteiger charge is -2.26. The Kier molecular flexibility index (Phi) is 6.19. The topological polar surface area (TPSA) is 12.0 Å². The van der Waals surface area contributed by atoms with E-state index in [9.17, 15) is 0 Å². The molecule has 0 amide bonds. The van der Waals surface area contributed by atoms with E-state index in [1.165, 1.54) is 44.1 Å². The monoisotopic (exact) mass is 279 g/mol. The summed E-state index contributed by atoms with van der Waals surface area (Å²) in [5, 5.41) is 4.49. The van der Waals surface area contributed by atoms with Gasteiger partial charge in [0.05, 0.1) is 0 Å². The second-order valence-corrected chi connectivity index (χ2v) is 6.20. The van der Waals surface area contributed by atoms with Crippen molar-refractivity contribution in [2.45, 2.75) is 51.4 Å². The van der Waals surface area contributed by atoms with Crippen molar-refractivity contribution in [2.24, 2.45) is 5.92 Å². The molecule has 1 N–H and O–H groups in total. The van der Waals surface area contributed by atoms with Gasteiger partial charge in [0.1, 0.15) is 0 Å². The van der Waals surface area contributed by atoms with Crippen molar-refractivity contribution in [1.29, 1.82) is 0 Å². The average Bonchev–Trinajstić information content (AvgIpc) is 2.64. The van der Waals surface area contributed by atoms with Crippen LogP contribution >= 0.6 is 11.6 Å². The Morgan fingerprint density at radius 3 is 2.84 bits per heavy atom. The Bertz CT molecular complexity index is 377. The van der Waals surface area contributed by atoms with Crippen LogP contribution < -0.4 is 5.32 Å². The van der Waals surface area contributed by atoms with Gasteiger partial charge in [-0.2, -0.15) is 0 Å². The second-order valence-electron chi connectivity index (χ2n) is 5.76. The van der Waals surface area contributed by atoms with E-state index in [2.05, 4.69) is 30.4 Å². The quantitative estimate of drug-likeness (QED) is 0.590. The van der Waals surface area contributed by atoms with Crippen LogP contribution in [0.4, 0.5) is 0 Å². The summed E-state index contributed by atoms with van der Waals surface area (Å²) in [6, 6.07) is 8.50. The highest BCUT2D eigenvalue weighted by Gasteiger charge is 2.24. The van der Waals surface area contributed by atoms with Gasteiger partial charge in [0, 0.05) is 5.02 Å². The van der Waals surface area contributed by atoms with Crippen LogP contribution in [0.25, 0.3) is 0 Å². The average molecular weight is 280 g/mol. The molecule has 19 heavy (non-hydrogen) atoms. The zero-order valence-corrected chi connectivity index (χ0v) is 12.8. The molecule has 0 aliphatic heterocycles. The Hall–Kier alpha value is -0.530. The molecule has 0 saturated heterocycles. The van der Waals surface area contributed by atoms with Gasteiger partial charge in [-0.3, -0.25) is 0 Å². The molecule has 1 aliphatic rings. The summed E-state index contributed by atoms with van der Waals surface area (Å²) in [5.41, 5.74) is 1.44. The molecular formula is C17H26ClN. The zero-order chi connectivity index (χ0) is 13.5. The molecule has 0 bridgehead atoms. The van der Waals surface area contributed by atoms with Crippen LogP contribution in [-0.4, -0.2) is 13.1 Å². The van der Waals surface area contributed by atoms with Gasteiger partial charge in [0.15, 0.2) is 0 Å². The maximum atomic E-state index is 6.16. The summed E-state index contributed by atoms with van der Waals surface area (Å²) < 4.78 is 0. The minimum absolute atomic E-state index is 0.686. The van der Waals surface area contributed by atoms with Crippen LogP contribution in [0.15, 0.2) is 24.3 Å². The summed E-state index contributed by atoms with van der Waals surface area (Å²) >= 11 is 6.16. The Morgan fingerprint density at radius 2 is 2.05 bits per heavy atom. The fourth-order valence-electron chi connectivity index (χ4n) is 3.27. The number of hydrogen-bond donors (Lipinski definition) is 1. The van der Waals surface area contributed by atoms with E-state index in [1.807, 2.05) is 6.07 Å². The summed E-state index contributed by atoms with van der Waals surface area (Å²) in [6.07, 6.45) is 8.03. The smallest absolute Gasteiger partial charge is 0.0408 e. The minimum Gasteiger partial charge on any atom is -0.316 e. The maximum absolute atomic E-state index is 6.16. The number of halogens is 1. The van der Waals surface area contributed by atoms with E-state index in [0.717, 1.165) is 24.0 Å². The van der Waals surface area contributed by atoms with E-state index in [-0.39, 0.29) is 0 Å². The molecule has 2 heteroatoms. The predicted molar refractivity (Wildman–Crippen MR) is 83.9 cm³/mol. The maximum Gasteiger partial charge on any atom is 0.0408 e. The van der Waals surface area contributed by atoms with E-state index in [4.69, 9.17) is 11.6 Å². The summed E-state index contributed by atoms with van der Waals surface area (Å²) in [4.78, 5) is 0. The van der Waals surface area contributed by atoms with Gasteiger partial charge in [0.2, 0.25) is 0 Å². The summed E-state index contributed by atoms with van der Waals surface area (Å²) in [6.45, 7) is 4.53. The van der Waals surface area contributed by atoms with Crippen molar-refractivity contribution in [1.82, 2.24) is 5.32 Å². The van der Waals surface area contributed by atoms with Crippen molar-refractivity contribution in [3.05, 3.63) is 34.9 Å². The fourth-order valence-corrected chi connectivity index (χ4v) is 3.47. The SMILES string of the molecule is CCCNCC1CCCCCC1c1cccc(Cl)c1. The standard InChI is InChI=1S/C17H26ClN/c1-2-11-19-13-15-7-4-3-5-10-17(15)14-8-6-9-16(18)12-14/h6,8-9,12,15,17,19H,2-5,7,10-11,13H2,1H3. The van der Waals surface area contributed by atoms with E-state index < -0.39 is 0 Å². The molecule has 0 spiro atoms. The lowest BCUT2D eigenvalue weighted by atomic mass is 9.82. The highest BCUT2D eigenvalue weighted by molar-refractivity contribution is 6.30. The first kappa shape index (κ1) is 14.9. The van der Waals surface area contributed by atoms with Crippen LogP contribution in [0, 0.1) is 5.92 Å². The first-order valence-electron chi connectivity index (χ1n) is 7.77. The molecule has 0 heterocycles. The Balaban J connectivity index is 2.07. The van der Waals surface area contributed by atoms with Crippen LogP contribution in [0.1, 0.15) is 56.9 Å². The molecule has 1 nitrogen and oxygen atoms in total. The fraction of sp³-hybridized carbons (Fsp3) is 0.647. The van der Waals surface area contributed by atoms with Gasteiger partial charge >= 0.3 is 0 Å². The van der Waals surface area contributed by atoms with Gasteiger partial charge in [-0.15, -0.1) is 0 Å². The highest BCUT2D eigenvalue weighted by atomic mass is 35.5. The normalized spacial score (nSPS) is 24.1. The minimum atomic E-state index is 0.686. The van der Waals surface area contributed by atoms with Crippen LogP contribution in [0.3, 0.4) is 0 Å². The number of nitrogens with one attached hydrogen (secondary N) is 1. The lowest BCUT2D eigenvalue weighted by molar-refractivity contribution is 0.376.